The Balaban J connectivity index is 2.15. The Labute approximate surface area is 117 Å². The lowest BCUT2D eigenvalue weighted by atomic mass is 10.4. The lowest BCUT2D eigenvalue weighted by Crippen LogP contribution is -2.44. The summed E-state index contributed by atoms with van der Waals surface area (Å²) >= 11 is 0. The van der Waals surface area contributed by atoms with E-state index in [4.69, 9.17) is 9.84 Å². The molecule has 0 atom stereocenters. The normalized spacial score (nSPS) is 14.2. The van der Waals surface area contributed by atoms with E-state index in [1.165, 1.54) is 4.90 Å². The van der Waals surface area contributed by atoms with Gasteiger partial charge in [0.15, 0.2) is 0 Å². The second-order valence-electron chi connectivity index (χ2n) is 4.62. The van der Waals surface area contributed by atoms with Gasteiger partial charge in [-0.25, -0.2) is 9.59 Å². The second-order valence-corrected chi connectivity index (χ2v) is 4.62. The average molecular weight is 287 g/mol. The van der Waals surface area contributed by atoms with Crippen LogP contribution in [-0.2, 0) is 14.3 Å². The molecule has 3 amide bonds. The molecule has 0 bridgehead atoms. The summed E-state index contributed by atoms with van der Waals surface area (Å²) in [6.45, 7) is 1.50. The molecule has 0 spiro atoms. The Hall–Kier alpha value is -1.83. The molecule has 1 saturated heterocycles. The molecule has 1 rings (SSSR count). The molecular weight excluding hydrogens is 266 g/mol. The summed E-state index contributed by atoms with van der Waals surface area (Å²) in [6.07, 6.45) is 2.03. The second kappa shape index (κ2) is 8.36. The van der Waals surface area contributed by atoms with Gasteiger partial charge in [0.1, 0.15) is 13.2 Å². The van der Waals surface area contributed by atoms with E-state index >= 15 is 0 Å². The Morgan fingerprint density at radius 2 is 1.95 bits per heavy atom. The van der Waals surface area contributed by atoms with Crippen LogP contribution < -0.4 is 5.32 Å². The third kappa shape index (κ3) is 5.87. The van der Waals surface area contributed by atoms with Crippen molar-refractivity contribution in [2.45, 2.75) is 12.8 Å². The van der Waals surface area contributed by atoms with Crippen LogP contribution in [0.3, 0.4) is 0 Å². The number of likely N-dealkylation sites (tertiary alicyclic amines) is 1. The van der Waals surface area contributed by atoms with E-state index in [0.29, 0.717) is 0 Å². The number of carboxylic acids is 1. The molecule has 0 aliphatic carbocycles. The molecule has 8 nitrogen and oxygen atoms in total. The third-order valence-electron chi connectivity index (χ3n) is 2.93. The van der Waals surface area contributed by atoms with E-state index < -0.39 is 5.97 Å². The first-order valence-electron chi connectivity index (χ1n) is 6.57. The van der Waals surface area contributed by atoms with Crippen LogP contribution in [0.1, 0.15) is 12.8 Å². The van der Waals surface area contributed by atoms with Crippen LogP contribution in [0.25, 0.3) is 0 Å². The lowest BCUT2D eigenvalue weighted by molar-refractivity contribution is -0.142. The number of hydrogen-bond acceptors (Lipinski definition) is 4. The van der Waals surface area contributed by atoms with Gasteiger partial charge < -0.3 is 25.0 Å². The Kier molecular flexibility index (Phi) is 6.78. The topological polar surface area (TPSA) is 99.2 Å². The third-order valence-corrected chi connectivity index (χ3v) is 2.93. The number of ether oxygens (including phenoxy) is 1. The first-order valence-corrected chi connectivity index (χ1v) is 6.57. The van der Waals surface area contributed by atoms with Crippen molar-refractivity contribution in [3.05, 3.63) is 0 Å². The fourth-order valence-electron chi connectivity index (χ4n) is 1.87. The quantitative estimate of drug-likeness (QED) is 0.606. The van der Waals surface area contributed by atoms with Crippen LogP contribution in [0, 0.1) is 0 Å². The summed E-state index contributed by atoms with van der Waals surface area (Å²) in [5, 5.41) is 10.9. The highest BCUT2D eigenvalue weighted by molar-refractivity contribution is 5.84. The summed E-state index contributed by atoms with van der Waals surface area (Å²) in [7, 11) is 1.54. The van der Waals surface area contributed by atoms with Crippen molar-refractivity contribution in [3.63, 3.8) is 0 Å². The zero-order chi connectivity index (χ0) is 15.0. The van der Waals surface area contributed by atoms with Gasteiger partial charge in [-0.05, 0) is 12.8 Å². The standard InChI is InChI=1S/C12H21N3O5/c1-14(8-10(16)15-5-2-3-6-15)12(19)13-4-7-20-9-11(17)18/h2-9H2,1H3,(H,13,19)(H,17,18). The number of rotatable bonds is 7. The predicted octanol–water partition coefficient (Wildman–Crippen LogP) is -0.649. The number of hydrogen-bond donors (Lipinski definition) is 2. The fraction of sp³-hybridized carbons (Fsp3) is 0.750. The van der Waals surface area contributed by atoms with Crippen molar-refractivity contribution < 1.29 is 24.2 Å². The van der Waals surface area contributed by atoms with E-state index in [0.717, 1.165) is 25.9 Å². The molecule has 2 N–H and O–H groups in total. The molecule has 1 fully saturated rings. The molecule has 0 radical (unpaired) electrons. The number of carbonyl (C=O) groups excluding carboxylic acids is 2. The van der Waals surface area contributed by atoms with Crippen LogP contribution in [0.4, 0.5) is 4.79 Å². The smallest absolute Gasteiger partial charge is 0.329 e. The monoisotopic (exact) mass is 287 g/mol. The van der Waals surface area contributed by atoms with Gasteiger partial charge in [0.25, 0.3) is 0 Å². The van der Waals surface area contributed by atoms with E-state index in [9.17, 15) is 14.4 Å². The maximum Gasteiger partial charge on any atom is 0.329 e. The summed E-state index contributed by atoms with van der Waals surface area (Å²) < 4.78 is 4.78. The number of aliphatic carboxylic acids is 1. The Bertz CT molecular complexity index is 355. The van der Waals surface area contributed by atoms with Crippen molar-refractivity contribution in [1.82, 2.24) is 15.1 Å². The SMILES string of the molecule is CN(CC(=O)N1CCCC1)C(=O)NCCOCC(=O)O. The van der Waals surface area contributed by atoms with Crippen LogP contribution in [0.15, 0.2) is 0 Å². The van der Waals surface area contributed by atoms with Crippen molar-refractivity contribution in [3.8, 4) is 0 Å². The zero-order valence-corrected chi connectivity index (χ0v) is 11.6. The van der Waals surface area contributed by atoms with Crippen molar-refractivity contribution in [2.75, 3.05) is 46.4 Å². The van der Waals surface area contributed by atoms with E-state index in [1.54, 1.807) is 11.9 Å². The van der Waals surface area contributed by atoms with Crippen LogP contribution in [0.2, 0.25) is 0 Å². The number of likely N-dealkylation sites (N-methyl/N-ethyl adjacent to an activating group) is 1. The molecule has 1 aliphatic heterocycles. The highest BCUT2D eigenvalue weighted by Gasteiger charge is 2.20. The van der Waals surface area contributed by atoms with Crippen LogP contribution in [0.5, 0.6) is 0 Å². The molecule has 8 heteroatoms. The summed E-state index contributed by atoms with van der Waals surface area (Å²) in [4.78, 5) is 36.7. The number of nitrogens with one attached hydrogen (secondary N) is 1. The molecule has 20 heavy (non-hydrogen) atoms. The maximum absolute atomic E-state index is 11.8. The number of amides is 3. The molecule has 1 aliphatic rings. The minimum atomic E-state index is -1.05. The maximum atomic E-state index is 11.8. The molecule has 1 heterocycles. The van der Waals surface area contributed by atoms with E-state index in [2.05, 4.69) is 5.32 Å². The van der Waals surface area contributed by atoms with Crippen molar-refractivity contribution in [2.24, 2.45) is 0 Å². The summed E-state index contributed by atoms with van der Waals surface area (Å²) in [6, 6.07) is -0.378. The summed E-state index contributed by atoms with van der Waals surface area (Å²) in [5.41, 5.74) is 0. The predicted molar refractivity (Wildman–Crippen MR) is 70.3 cm³/mol. The van der Waals surface area contributed by atoms with Crippen molar-refractivity contribution in [1.29, 1.82) is 0 Å². The van der Waals surface area contributed by atoms with Gasteiger partial charge in [0, 0.05) is 26.7 Å². The number of nitrogens with zero attached hydrogens (tertiary/aromatic N) is 2. The number of carboxylic acid groups (broad SMARTS) is 1. The van der Waals surface area contributed by atoms with E-state index in [1.807, 2.05) is 0 Å². The molecular formula is C12H21N3O5. The fourth-order valence-corrected chi connectivity index (χ4v) is 1.87. The van der Waals surface area contributed by atoms with Gasteiger partial charge in [-0.3, -0.25) is 4.79 Å². The first-order chi connectivity index (χ1) is 9.50. The van der Waals surface area contributed by atoms with Gasteiger partial charge in [-0.15, -0.1) is 0 Å². The molecule has 0 unspecified atom stereocenters. The van der Waals surface area contributed by atoms with Gasteiger partial charge in [-0.1, -0.05) is 0 Å². The largest absolute Gasteiger partial charge is 0.480 e. The van der Waals surface area contributed by atoms with Crippen molar-refractivity contribution >= 4 is 17.9 Å². The molecule has 114 valence electrons. The number of urea groups is 1. The summed E-state index contributed by atoms with van der Waals surface area (Å²) in [5.74, 6) is -1.10. The van der Waals surface area contributed by atoms with Gasteiger partial charge in [0.05, 0.1) is 6.61 Å². The molecule has 0 aromatic rings. The first kappa shape index (κ1) is 16.2. The molecule has 0 aromatic carbocycles. The Morgan fingerprint density at radius 1 is 1.30 bits per heavy atom. The van der Waals surface area contributed by atoms with Gasteiger partial charge in [-0.2, -0.15) is 0 Å². The minimum absolute atomic E-state index is 0.0435. The molecule has 0 saturated carbocycles. The Morgan fingerprint density at radius 3 is 2.55 bits per heavy atom. The molecule has 0 aromatic heterocycles. The van der Waals surface area contributed by atoms with Crippen LogP contribution in [-0.4, -0.2) is 79.3 Å². The lowest BCUT2D eigenvalue weighted by Gasteiger charge is -2.21. The van der Waals surface area contributed by atoms with Gasteiger partial charge >= 0.3 is 12.0 Å². The minimum Gasteiger partial charge on any atom is -0.480 e. The van der Waals surface area contributed by atoms with Gasteiger partial charge in [0.2, 0.25) is 5.91 Å². The number of carbonyl (C=O) groups is 3. The van der Waals surface area contributed by atoms with E-state index in [-0.39, 0.29) is 38.2 Å². The van der Waals surface area contributed by atoms with Crippen LogP contribution >= 0.6 is 0 Å². The average Bonchev–Trinajstić information content (AvgIpc) is 2.91. The zero-order valence-electron chi connectivity index (χ0n) is 11.6. The highest BCUT2D eigenvalue weighted by atomic mass is 16.5. The highest BCUT2D eigenvalue weighted by Crippen LogP contribution is 2.07.